The quantitative estimate of drug-likeness (QED) is 0.731. The number of aryl methyl sites for hydroxylation is 3. The van der Waals surface area contributed by atoms with Crippen LogP contribution in [0.15, 0.2) is 54.6 Å². The molecule has 0 bridgehead atoms. The summed E-state index contributed by atoms with van der Waals surface area (Å²) in [4.78, 5) is 14.2. The Kier molecular flexibility index (Phi) is 5.15. The Morgan fingerprint density at radius 3 is 2.21 bits per heavy atom. The fraction of sp³-hybridized carbons (Fsp3) is 0.304. The van der Waals surface area contributed by atoms with Crippen molar-refractivity contribution in [2.45, 2.75) is 20.8 Å². The van der Waals surface area contributed by atoms with Gasteiger partial charge in [0.15, 0.2) is 0 Å². The Hall–Kier alpha value is -3.08. The molecule has 2 heterocycles. The molecule has 3 aromatic rings. The van der Waals surface area contributed by atoms with E-state index in [-0.39, 0.29) is 0 Å². The summed E-state index contributed by atoms with van der Waals surface area (Å²) in [6, 6.07) is 19.0. The highest BCUT2D eigenvalue weighted by molar-refractivity contribution is 5.62. The summed E-state index contributed by atoms with van der Waals surface area (Å²) >= 11 is 0. The maximum Gasteiger partial charge on any atom is 0.227 e. The van der Waals surface area contributed by atoms with Gasteiger partial charge in [-0.1, -0.05) is 35.9 Å². The molecule has 5 nitrogen and oxygen atoms in total. The molecule has 28 heavy (non-hydrogen) atoms. The summed E-state index contributed by atoms with van der Waals surface area (Å²) in [7, 11) is 0. The molecule has 1 aliphatic rings. The lowest BCUT2D eigenvalue weighted by Crippen LogP contribution is -2.47. The molecule has 1 saturated heterocycles. The van der Waals surface area contributed by atoms with E-state index in [1.807, 2.05) is 13.0 Å². The Morgan fingerprint density at radius 2 is 1.50 bits per heavy atom. The van der Waals surface area contributed by atoms with Crippen LogP contribution in [0.3, 0.4) is 0 Å². The van der Waals surface area contributed by atoms with Crippen LogP contribution < -0.4 is 15.1 Å². The van der Waals surface area contributed by atoms with Gasteiger partial charge in [0.25, 0.3) is 0 Å². The number of nitrogens with zero attached hydrogens (tertiary/aromatic N) is 4. The van der Waals surface area contributed by atoms with Gasteiger partial charge in [-0.3, -0.25) is 0 Å². The Bertz CT molecular complexity index is 946. The summed E-state index contributed by atoms with van der Waals surface area (Å²) in [5.41, 5.74) is 5.82. The molecule has 0 atom stereocenters. The first-order valence-electron chi connectivity index (χ1n) is 9.83. The third-order valence-corrected chi connectivity index (χ3v) is 5.17. The van der Waals surface area contributed by atoms with E-state index in [2.05, 4.69) is 82.5 Å². The molecule has 144 valence electrons. The number of hydrogen-bond donors (Lipinski definition) is 1. The van der Waals surface area contributed by atoms with E-state index in [0.717, 1.165) is 49.3 Å². The third-order valence-electron chi connectivity index (χ3n) is 5.17. The van der Waals surface area contributed by atoms with Crippen molar-refractivity contribution in [1.82, 2.24) is 9.97 Å². The molecular weight excluding hydrogens is 346 g/mol. The number of para-hydroxylation sites is 1. The van der Waals surface area contributed by atoms with Crippen molar-refractivity contribution in [3.05, 3.63) is 71.4 Å². The Morgan fingerprint density at radius 1 is 0.786 bits per heavy atom. The Balaban J connectivity index is 1.48. The van der Waals surface area contributed by atoms with Crippen LogP contribution >= 0.6 is 0 Å². The van der Waals surface area contributed by atoms with Crippen LogP contribution in [0.4, 0.5) is 23.1 Å². The van der Waals surface area contributed by atoms with E-state index in [4.69, 9.17) is 4.98 Å². The molecule has 0 saturated carbocycles. The predicted octanol–water partition coefficient (Wildman–Crippen LogP) is 4.47. The van der Waals surface area contributed by atoms with Crippen LogP contribution in [-0.2, 0) is 0 Å². The fourth-order valence-electron chi connectivity index (χ4n) is 3.65. The first-order chi connectivity index (χ1) is 13.6. The molecule has 1 fully saturated rings. The topological polar surface area (TPSA) is 44.3 Å². The average molecular weight is 374 g/mol. The normalized spacial score (nSPS) is 14.2. The molecule has 0 spiro atoms. The number of piperazine rings is 1. The third kappa shape index (κ3) is 4.09. The fourth-order valence-corrected chi connectivity index (χ4v) is 3.65. The van der Waals surface area contributed by atoms with Crippen LogP contribution in [0.2, 0.25) is 0 Å². The highest BCUT2D eigenvalue weighted by Gasteiger charge is 2.20. The van der Waals surface area contributed by atoms with Gasteiger partial charge >= 0.3 is 0 Å². The maximum atomic E-state index is 4.80. The van der Waals surface area contributed by atoms with Crippen molar-refractivity contribution >= 4 is 23.1 Å². The average Bonchev–Trinajstić information content (AvgIpc) is 2.70. The van der Waals surface area contributed by atoms with E-state index >= 15 is 0 Å². The minimum absolute atomic E-state index is 0.806. The lowest BCUT2D eigenvalue weighted by Gasteiger charge is -2.36. The molecule has 5 heteroatoms. The Labute approximate surface area is 167 Å². The second-order valence-electron chi connectivity index (χ2n) is 7.45. The second kappa shape index (κ2) is 7.89. The van der Waals surface area contributed by atoms with Crippen LogP contribution in [-0.4, -0.2) is 36.1 Å². The molecule has 1 N–H and O–H groups in total. The van der Waals surface area contributed by atoms with Crippen molar-refractivity contribution in [3.8, 4) is 0 Å². The largest absolute Gasteiger partial charge is 0.368 e. The van der Waals surface area contributed by atoms with Crippen LogP contribution in [0.25, 0.3) is 0 Å². The van der Waals surface area contributed by atoms with Crippen molar-refractivity contribution in [2.75, 3.05) is 41.3 Å². The van der Waals surface area contributed by atoms with Crippen molar-refractivity contribution in [2.24, 2.45) is 0 Å². The zero-order valence-electron chi connectivity index (χ0n) is 16.8. The molecule has 1 aromatic heterocycles. The minimum atomic E-state index is 0.806. The summed E-state index contributed by atoms with van der Waals surface area (Å²) in [6.07, 6.45) is 0. The number of rotatable bonds is 4. The predicted molar refractivity (Wildman–Crippen MR) is 117 cm³/mol. The molecule has 1 aliphatic heterocycles. The monoisotopic (exact) mass is 373 g/mol. The summed E-state index contributed by atoms with van der Waals surface area (Å²) < 4.78 is 0. The summed E-state index contributed by atoms with van der Waals surface area (Å²) in [5.74, 6) is 1.65. The van der Waals surface area contributed by atoms with Crippen LogP contribution in [0.5, 0.6) is 0 Å². The van der Waals surface area contributed by atoms with E-state index in [1.54, 1.807) is 0 Å². The number of hydrogen-bond acceptors (Lipinski definition) is 5. The first-order valence-corrected chi connectivity index (χ1v) is 9.83. The molecular formula is C23H27N5. The van der Waals surface area contributed by atoms with E-state index in [1.165, 1.54) is 16.8 Å². The van der Waals surface area contributed by atoms with Gasteiger partial charge in [-0.15, -0.1) is 0 Å². The van der Waals surface area contributed by atoms with Crippen LogP contribution in [0, 0.1) is 20.8 Å². The smallest absolute Gasteiger partial charge is 0.227 e. The number of nitrogens with one attached hydrogen (secondary N) is 1. The highest BCUT2D eigenvalue weighted by atomic mass is 15.3. The number of anilines is 4. The van der Waals surface area contributed by atoms with Gasteiger partial charge in [0.2, 0.25) is 5.95 Å². The summed E-state index contributed by atoms with van der Waals surface area (Å²) in [6.45, 7) is 10.0. The second-order valence-corrected chi connectivity index (χ2v) is 7.45. The number of aromatic nitrogens is 2. The summed E-state index contributed by atoms with van der Waals surface area (Å²) in [5, 5.41) is 3.47. The van der Waals surface area contributed by atoms with E-state index in [9.17, 15) is 0 Å². The van der Waals surface area contributed by atoms with Crippen LogP contribution in [0.1, 0.15) is 16.8 Å². The molecule has 2 aromatic carbocycles. The molecule has 4 rings (SSSR count). The van der Waals surface area contributed by atoms with Gasteiger partial charge in [-0.05, 0) is 44.5 Å². The minimum Gasteiger partial charge on any atom is -0.368 e. The van der Waals surface area contributed by atoms with Crippen molar-refractivity contribution in [3.63, 3.8) is 0 Å². The van der Waals surface area contributed by atoms with Crippen molar-refractivity contribution in [1.29, 1.82) is 0 Å². The number of benzene rings is 2. The van der Waals surface area contributed by atoms with Gasteiger partial charge in [0.05, 0.1) is 0 Å². The van der Waals surface area contributed by atoms with E-state index < -0.39 is 0 Å². The van der Waals surface area contributed by atoms with Gasteiger partial charge in [-0.25, -0.2) is 4.98 Å². The molecule has 0 amide bonds. The standard InChI is InChI=1S/C23H27N5/c1-17-9-10-21(18(2)15-17)25-22-16-19(3)24-23(26-22)28-13-11-27(12-14-28)20-7-5-4-6-8-20/h4-10,15-16H,11-14H2,1-3H3,(H,24,25,26). The first kappa shape index (κ1) is 18.3. The lowest BCUT2D eigenvalue weighted by atomic mass is 10.1. The SMILES string of the molecule is Cc1ccc(Nc2cc(C)nc(N3CCN(c4ccccc4)CC3)n2)c(C)c1. The van der Waals surface area contributed by atoms with Gasteiger partial charge < -0.3 is 15.1 Å². The zero-order chi connectivity index (χ0) is 19.5. The highest BCUT2D eigenvalue weighted by Crippen LogP contribution is 2.23. The van der Waals surface area contributed by atoms with Gasteiger partial charge in [-0.2, -0.15) is 4.98 Å². The van der Waals surface area contributed by atoms with E-state index in [0.29, 0.717) is 0 Å². The molecule has 0 radical (unpaired) electrons. The van der Waals surface area contributed by atoms with Gasteiger partial charge in [0.1, 0.15) is 5.82 Å². The molecule has 0 unspecified atom stereocenters. The van der Waals surface area contributed by atoms with Crippen molar-refractivity contribution < 1.29 is 0 Å². The maximum absolute atomic E-state index is 4.80. The lowest BCUT2D eigenvalue weighted by molar-refractivity contribution is 0.639. The zero-order valence-corrected chi connectivity index (χ0v) is 16.8. The van der Waals surface area contributed by atoms with Gasteiger partial charge in [0, 0.05) is 49.3 Å². The molecule has 0 aliphatic carbocycles.